The Bertz CT molecular complexity index is 560. The molecule has 0 aliphatic heterocycles. The Kier molecular flexibility index (Phi) is 4.02. The predicted molar refractivity (Wildman–Crippen MR) is 72.0 cm³/mol. The Morgan fingerprint density at radius 1 is 1.26 bits per heavy atom. The first kappa shape index (κ1) is 13.4. The molecule has 0 fully saturated rings. The summed E-state index contributed by atoms with van der Waals surface area (Å²) in [7, 11) is 1.98. The molecular formula is C15H17NO3. The molecule has 0 aliphatic carbocycles. The van der Waals surface area contributed by atoms with Crippen LogP contribution in [0.4, 0.5) is 0 Å². The quantitative estimate of drug-likeness (QED) is 0.897. The largest absolute Gasteiger partial charge is 0.478 e. The van der Waals surface area contributed by atoms with Gasteiger partial charge in [0.25, 0.3) is 0 Å². The lowest BCUT2D eigenvalue weighted by molar-refractivity contribution is 0.0695. The molecule has 2 rings (SSSR count). The van der Waals surface area contributed by atoms with E-state index in [9.17, 15) is 4.79 Å². The lowest BCUT2D eigenvalue weighted by Gasteiger charge is -2.14. The van der Waals surface area contributed by atoms with Crippen LogP contribution in [0.3, 0.4) is 0 Å². The number of furan rings is 1. The Balaban J connectivity index is 2.01. The van der Waals surface area contributed by atoms with E-state index in [0.29, 0.717) is 18.1 Å². The van der Waals surface area contributed by atoms with Crippen LogP contribution in [-0.4, -0.2) is 23.0 Å². The standard InChI is InChI=1S/C15H17NO3/c1-11-14(15(17)18)8-13(19-11)10-16(2)9-12-6-4-3-5-7-12/h3-8H,9-10H2,1-2H3,(H,17,18). The van der Waals surface area contributed by atoms with E-state index in [0.717, 1.165) is 6.54 Å². The zero-order valence-corrected chi connectivity index (χ0v) is 11.1. The normalized spacial score (nSPS) is 10.9. The molecule has 4 nitrogen and oxygen atoms in total. The highest BCUT2D eigenvalue weighted by Crippen LogP contribution is 2.16. The smallest absolute Gasteiger partial charge is 0.339 e. The molecule has 0 aliphatic rings. The number of carboxylic acids is 1. The van der Waals surface area contributed by atoms with Gasteiger partial charge in [-0.15, -0.1) is 0 Å². The number of aromatic carboxylic acids is 1. The highest BCUT2D eigenvalue weighted by Gasteiger charge is 2.14. The van der Waals surface area contributed by atoms with Gasteiger partial charge in [0.05, 0.1) is 6.54 Å². The fourth-order valence-electron chi connectivity index (χ4n) is 2.05. The Morgan fingerprint density at radius 3 is 2.53 bits per heavy atom. The molecule has 4 heteroatoms. The van der Waals surface area contributed by atoms with E-state index in [2.05, 4.69) is 17.0 Å². The summed E-state index contributed by atoms with van der Waals surface area (Å²) >= 11 is 0. The van der Waals surface area contributed by atoms with Crippen LogP contribution in [0.25, 0.3) is 0 Å². The van der Waals surface area contributed by atoms with Crippen LogP contribution in [0.5, 0.6) is 0 Å². The number of carbonyl (C=O) groups is 1. The topological polar surface area (TPSA) is 53.7 Å². The zero-order chi connectivity index (χ0) is 13.8. The molecule has 100 valence electrons. The Morgan fingerprint density at radius 2 is 1.95 bits per heavy atom. The van der Waals surface area contributed by atoms with Crippen molar-refractivity contribution in [2.75, 3.05) is 7.05 Å². The summed E-state index contributed by atoms with van der Waals surface area (Å²) in [5.74, 6) is 0.183. The summed E-state index contributed by atoms with van der Waals surface area (Å²) in [5.41, 5.74) is 1.45. The van der Waals surface area contributed by atoms with Crippen LogP contribution in [0.2, 0.25) is 0 Å². The maximum Gasteiger partial charge on any atom is 0.339 e. The van der Waals surface area contributed by atoms with Crippen LogP contribution in [0.1, 0.15) is 27.4 Å². The van der Waals surface area contributed by atoms with Crippen molar-refractivity contribution < 1.29 is 14.3 Å². The van der Waals surface area contributed by atoms with Gasteiger partial charge < -0.3 is 9.52 Å². The summed E-state index contributed by atoms with van der Waals surface area (Å²) in [6, 6.07) is 11.7. The van der Waals surface area contributed by atoms with Gasteiger partial charge in [0.1, 0.15) is 17.1 Å². The van der Waals surface area contributed by atoms with Gasteiger partial charge in [-0.1, -0.05) is 30.3 Å². The molecule has 0 unspecified atom stereocenters. The molecule has 0 radical (unpaired) electrons. The van der Waals surface area contributed by atoms with E-state index in [-0.39, 0.29) is 5.56 Å². The molecule has 0 amide bonds. The van der Waals surface area contributed by atoms with E-state index >= 15 is 0 Å². The van der Waals surface area contributed by atoms with Crippen molar-refractivity contribution in [2.45, 2.75) is 20.0 Å². The zero-order valence-electron chi connectivity index (χ0n) is 11.1. The third-order valence-corrected chi connectivity index (χ3v) is 2.92. The Hall–Kier alpha value is -2.07. The van der Waals surface area contributed by atoms with E-state index in [1.807, 2.05) is 25.2 Å². The molecule has 19 heavy (non-hydrogen) atoms. The number of hydrogen-bond acceptors (Lipinski definition) is 3. The van der Waals surface area contributed by atoms with Crippen LogP contribution in [0.15, 0.2) is 40.8 Å². The minimum Gasteiger partial charge on any atom is -0.478 e. The van der Waals surface area contributed by atoms with Crippen LogP contribution >= 0.6 is 0 Å². The molecule has 0 saturated heterocycles. The van der Waals surface area contributed by atoms with Crippen molar-refractivity contribution >= 4 is 5.97 Å². The van der Waals surface area contributed by atoms with Crippen LogP contribution < -0.4 is 0 Å². The lowest BCUT2D eigenvalue weighted by Crippen LogP contribution is -2.16. The van der Waals surface area contributed by atoms with Crippen molar-refractivity contribution in [3.8, 4) is 0 Å². The monoisotopic (exact) mass is 259 g/mol. The number of carboxylic acid groups (broad SMARTS) is 1. The molecule has 1 aromatic heterocycles. The fourth-order valence-corrected chi connectivity index (χ4v) is 2.05. The van der Waals surface area contributed by atoms with Crippen molar-refractivity contribution in [1.29, 1.82) is 0 Å². The van der Waals surface area contributed by atoms with Crippen LogP contribution in [0, 0.1) is 6.92 Å². The molecular weight excluding hydrogens is 242 g/mol. The summed E-state index contributed by atoms with van der Waals surface area (Å²) in [6.07, 6.45) is 0. The summed E-state index contributed by atoms with van der Waals surface area (Å²) in [6.45, 7) is 3.05. The minimum absolute atomic E-state index is 0.239. The highest BCUT2D eigenvalue weighted by atomic mass is 16.4. The molecule has 1 N–H and O–H groups in total. The summed E-state index contributed by atoms with van der Waals surface area (Å²) in [5, 5.41) is 8.97. The van der Waals surface area contributed by atoms with Gasteiger partial charge in [0, 0.05) is 6.54 Å². The molecule has 0 saturated carbocycles. The first-order valence-electron chi connectivity index (χ1n) is 6.11. The summed E-state index contributed by atoms with van der Waals surface area (Å²) < 4.78 is 5.46. The van der Waals surface area contributed by atoms with Crippen molar-refractivity contribution in [3.63, 3.8) is 0 Å². The predicted octanol–water partition coefficient (Wildman–Crippen LogP) is 2.92. The minimum atomic E-state index is -0.946. The molecule has 0 atom stereocenters. The van der Waals surface area contributed by atoms with Gasteiger partial charge in [-0.05, 0) is 25.6 Å². The first-order valence-corrected chi connectivity index (χ1v) is 6.11. The fraction of sp³-hybridized carbons (Fsp3) is 0.267. The summed E-state index contributed by atoms with van der Waals surface area (Å²) in [4.78, 5) is 13.0. The van der Waals surface area contributed by atoms with Gasteiger partial charge in [-0.3, -0.25) is 4.90 Å². The third kappa shape index (κ3) is 3.45. The third-order valence-electron chi connectivity index (χ3n) is 2.92. The second kappa shape index (κ2) is 5.71. The molecule has 0 spiro atoms. The Labute approximate surface area is 112 Å². The molecule has 2 aromatic rings. The number of nitrogens with zero attached hydrogens (tertiary/aromatic N) is 1. The maximum atomic E-state index is 10.9. The second-order valence-electron chi connectivity index (χ2n) is 4.65. The lowest BCUT2D eigenvalue weighted by atomic mass is 10.2. The van der Waals surface area contributed by atoms with E-state index < -0.39 is 5.97 Å². The highest BCUT2D eigenvalue weighted by molar-refractivity contribution is 5.88. The first-order chi connectivity index (χ1) is 9.06. The van der Waals surface area contributed by atoms with Crippen molar-refractivity contribution in [3.05, 3.63) is 59.0 Å². The van der Waals surface area contributed by atoms with Crippen molar-refractivity contribution in [2.24, 2.45) is 0 Å². The van der Waals surface area contributed by atoms with E-state index in [1.54, 1.807) is 13.0 Å². The molecule has 0 bridgehead atoms. The van der Waals surface area contributed by atoms with Gasteiger partial charge in [0.2, 0.25) is 0 Å². The average Bonchev–Trinajstić information content (AvgIpc) is 2.71. The van der Waals surface area contributed by atoms with Gasteiger partial charge in [-0.25, -0.2) is 4.79 Å². The van der Waals surface area contributed by atoms with Gasteiger partial charge in [-0.2, -0.15) is 0 Å². The van der Waals surface area contributed by atoms with E-state index in [1.165, 1.54) is 5.56 Å². The average molecular weight is 259 g/mol. The van der Waals surface area contributed by atoms with Crippen molar-refractivity contribution in [1.82, 2.24) is 4.90 Å². The van der Waals surface area contributed by atoms with Crippen LogP contribution in [-0.2, 0) is 13.1 Å². The van der Waals surface area contributed by atoms with Gasteiger partial charge >= 0.3 is 5.97 Å². The number of hydrogen-bond donors (Lipinski definition) is 1. The van der Waals surface area contributed by atoms with E-state index in [4.69, 9.17) is 9.52 Å². The number of benzene rings is 1. The molecule has 1 aromatic carbocycles. The molecule has 1 heterocycles. The maximum absolute atomic E-state index is 10.9. The SMILES string of the molecule is Cc1oc(CN(C)Cc2ccccc2)cc1C(=O)O. The number of aryl methyl sites for hydroxylation is 1. The second-order valence-corrected chi connectivity index (χ2v) is 4.65. The number of rotatable bonds is 5. The van der Waals surface area contributed by atoms with Gasteiger partial charge in [0.15, 0.2) is 0 Å².